The summed E-state index contributed by atoms with van der Waals surface area (Å²) in [6.45, 7) is 7.24. The normalized spacial score (nSPS) is 15.9. The summed E-state index contributed by atoms with van der Waals surface area (Å²) in [6, 6.07) is 8.42. The van der Waals surface area contributed by atoms with Gasteiger partial charge in [0.15, 0.2) is 0 Å². The highest BCUT2D eigenvalue weighted by Crippen LogP contribution is 2.17. The lowest BCUT2D eigenvalue weighted by atomic mass is 10.1. The Labute approximate surface area is 155 Å². The van der Waals surface area contributed by atoms with Gasteiger partial charge in [0.25, 0.3) is 0 Å². The topological polar surface area (TPSA) is 71.3 Å². The Morgan fingerprint density at radius 3 is 2.69 bits per heavy atom. The first kappa shape index (κ1) is 18.6. The molecule has 1 saturated heterocycles. The molecule has 0 aliphatic carbocycles. The zero-order chi connectivity index (χ0) is 18.4. The van der Waals surface area contributed by atoms with Crippen molar-refractivity contribution in [1.82, 2.24) is 20.4 Å². The molecule has 0 saturated carbocycles. The van der Waals surface area contributed by atoms with Crippen molar-refractivity contribution in [2.24, 2.45) is 0 Å². The second-order valence-electron chi connectivity index (χ2n) is 6.99. The van der Waals surface area contributed by atoms with Crippen molar-refractivity contribution in [1.29, 1.82) is 0 Å². The molecule has 3 rings (SSSR count). The third-order valence-corrected chi connectivity index (χ3v) is 5.01. The summed E-state index contributed by atoms with van der Waals surface area (Å²) in [5.41, 5.74) is 2.11. The molecule has 2 heterocycles. The highest BCUT2D eigenvalue weighted by atomic mass is 16.5. The van der Waals surface area contributed by atoms with Crippen LogP contribution >= 0.6 is 0 Å². The molecule has 1 amide bonds. The van der Waals surface area contributed by atoms with Gasteiger partial charge in [-0.1, -0.05) is 41.9 Å². The van der Waals surface area contributed by atoms with Gasteiger partial charge in [0.2, 0.25) is 17.6 Å². The minimum atomic E-state index is 0.0396. The van der Waals surface area contributed by atoms with Crippen LogP contribution in [0.2, 0.25) is 0 Å². The van der Waals surface area contributed by atoms with E-state index in [9.17, 15) is 4.79 Å². The first-order chi connectivity index (χ1) is 12.7. The molecule has 0 bridgehead atoms. The molecule has 0 radical (unpaired) electrons. The van der Waals surface area contributed by atoms with Gasteiger partial charge in [0.1, 0.15) is 0 Å². The minimum absolute atomic E-state index is 0.0396. The van der Waals surface area contributed by atoms with E-state index in [1.807, 2.05) is 31.2 Å². The number of carbonyl (C=O) groups excluding carboxylic acids is 1. The van der Waals surface area contributed by atoms with Crippen molar-refractivity contribution >= 4 is 5.91 Å². The Balaban J connectivity index is 1.45. The number of hydrogen-bond donors (Lipinski definition) is 1. The number of benzene rings is 1. The molecule has 1 aromatic carbocycles. The third kappa shape index (κ3) is 4.91. The minimum Gasteiger partial charge on any atom is -0.355 e. The summed E-state index contributed by atoms with van der Waals surface area (Å²) >= 11 is 0. The van der Waals surface area contributed by atoms with Crippen LogP contribution in [0.5, 0.6) is 0 Å². The number of carbonyl (C=O) groups is 1. The van der Waals surface area contributed by atoms with Crippen molar-refractivity contribution in [3.8, 4) is 11.4 Å². The second-order valence-corrected chi connectivity index (χ2v) is 6.99. The number of nitrogens with zero attached hydrogens (tertiary/aromatic N) is 3. The van der Waals surface area contributed by atoms with Crippen LogP contribution in [0.4, 0.5) is 0 Å². The van der Waals surface area contributed by atoms with E-state index in [2.05, 4.69) is 27.3 Å². The molecule has 2 aromatic rings. The first-order valence-electron chi connectivity index (χ1n) is 9.56. The Hall–Kier alpha value is -2.21. The molecule has 26 heavy (non-hydrogen) atoms. The molecule has 6 heteroatoms. The van der Waals surface area contributed by atoms with Gasteiger partial charge in [0, 0.05) is 31.0 Å². The van der Waals surface area contributed by atoms with E-state index >= 15 is 0 Å². The zero-order valence-electron chi connectivity index (χ0n) is 15.7. The van der Waals surface area contributed by atoms with Crippen LogP contribution in [0.1, 0.15) is 44.1 Å². The third-order valence-electron chi connectivity index (χ3n) is 5.01. The molecule has 1 fully saturated rings. The van der Waals surface area contributed by atoms with Crippen LogP contribution in [0.15, 0.2) is 28.8 Å². The van der Waals surface area contributed by atoms with Crippen molar-refractivity contribution in [3.05, 3.63) is 35.7 Å². The van der Waals surface area contributed by atoms with Gasteiger partial charge in [-0.3, -0.25) is 9.69 Å². The Morgan fingerprint density at radius 1 is 1.27 bits per heavy atom. The predicted octanol–water partition coefficient (Wildman–Crippen LogP) is 2.97. The molecular weight excluding hydrogens is 328 g/mol. The van der Waals surface area contributed by atoms with Crippen LogP contribution in [-0.2, 0) is 11.2 Å². The highest BCUT2D eigenvalue weighted by Gasteiger charge is 2.20. The van der Waals surface area contributed by atoms with Crippen molar-refractivity contribution in [3.63, 3.8) is 0 Å². The van der Waals surface area contributed by atoms with Gasteiger partial charge in [-0.05, 0) is 39.3 Å². The Morgan fingerprint density at radius 2 is 2.00 bits per heavy atom. The maximum atomic E-state index is 12.1. The van der Waals surface area contributed by atoms with E-state index in [0.717, 1.165) is 25.1 Å². The van der Waals surface area contributed by atoms with Gasteiger partial charge in [-0.15, -0.1) is 0 Å². The van der Waals surface area contributed by atoms with Crippen molar-refractivity contribution < 1.29 is 9.32 Å². The van der Waals surface area contributed by atoms with Crippen molar-refractivity contribution in [2.75, 3.05) is 19.6 Å². The van der Waals surface area contributed by atoms with Crippen LogP contribution in [0.3, 0.4) is 0 Å². The standard InChI is InChI=1S/C20H28N4O2/c1-3-17(24-12-4-5-13-24)14-21-18(25)10-11-19-22-20(23-26-19)16-8-6-15(2)7-9-16/h6-9,17H,3-5,10-14H2,1-2H3,(H,21,25). The van der Waals surface area contributed by atoms with E-state index < -0.39 is 0 Å². The summed E-state index contributed by atoms with van der Waals surface area (Å²) in [6.07, 6.45) is 4.43. The molecular formula is C20H28N4O2. The SMILES string of the molecule is CCC(CNC(=O)CCc1nc(-c2ccc(C)cc2)no1)N1CCCC1. The number of aryl methyl sites for hydroxylation is 2. The molecule has 140 valence electrons. The number of hydrogen-bond acceptors (Lipinski definition) is 5. The van der Waals surface area contributed by atoms with Gasteiger partial charge < -0.3 is 9.84 Å². The molecule has 1 aliphatic heterocycles. The molecule has 0 spiro atoms. The van der Waals surface area contributed by atoms with Gasteiger partial charge in [-0.25, -0.2) is 0 Å². The highest BCUT2D eigenvalue weighted by molar-refractivity contribution is 5.76. The summed E-state index contributed by atoms with van der Waals surface area (Å²) in [4.78, 5) is 19.0. The number of likely N-dealkylation sites (tertiary alicyclic amines) is 1. The molecule has 1 atom stereocenters. The van der Waals surface area contributed by atoms with Gasteiger partial charge in [-0.2, -0.15) is 4.98 Å². The van der Waals surface area contributed by atoms with Crippen LogP contribution in [0, 0.1) is 6.92 Å². The number of aromatic nitrogens is 2. The van der Waals surface area contributed by atoms with E-state index in [1.54, 1.807) is 0 Å². The smallest absolute Gasteiger partial charge is 0.227 e. The fraction of sp³-hybridized carbons (Fsp3) is 0.550. The average Bonchev–Trinajstić information content (AvgIpc) is 3.33. The fourth-order valence-electron chi connectivity index (χ4n) is 3.36. The Kier molecular flexibility index (Phi) is 6.39. The zero-order valence-corrected chi connectivity index (χ0v) is 15.7. The fourth-order valence-corrected chi connectivity index (χ4v) is 3.36. The lowest BCUT2D eigenvalue weighted by Crippen LogP contribution is -2.42. The van der Waals surface area contributed by atoms with E-state index in [1.165, 1.54) is 18.4 Å². The lowest BCUT2D eigenvalue weighted by Gasteiger charge is -2.26. The molecule has 6 nitrogen and oxygen atoms in total. The number of nitrogens with one attached hydrogen (secondary N) is 1. The first-order valence-corrected chi connectivity index (χ1v) is 9.56. The maximum absolute atomic E-state index is 12.1. The number of rotatable bonds is 8. The van der Waals surface area contributed by atoms with Gasteiger partial charge >= 0.3 is 0 Å². The summed E-state index contributed by atoms with van der Waals surface area (Å²) in [5, 5.41) is 7.06. The molecule has 1 aromatic heterocycles. The average molecular weight is 356 g/mol. The largest absolute Gasteiger partial charge is 0.355 e. The maximum Gasteiger partial charge on any atom is 0.227 e. The summed E-state index contributed by atoms with van der Waals surface area (Å²) in [5.74, 6) is 1.11. The van der Waals surface area contributed by atoms with Crippen molar-refractivity contribution in [2.45, 2.75) is 52.0 Å². The Bertz CT molecular complexity index is 705. The summed E-state index contributed by atoms with van der Waals surface area (Å²) in [7, 11) is 0. The quantitative estimate of drug-likeness (QED) is 0.787. The van der Waals surface area contributed by atoms with Crippen LogP contribution < -0.4 is 5.32 Å². The van der Waals surface area contributed by atoms with E-state index in [-0.39, 0.29) is 5.91 Å². The van der Waals surface area contributed by atoms with Crippen LogP contribution in [-0.4, -0.2) is 46.6 Å². The van der Waals surface area contributed by atoms with Crippen LogP contribution in [0.25, 0.3) is 11.4 Å². The molecule has 1 aliphatic rings. The number of amides is 1. The van der Waals surface area contributed by atoms with Gasteiger partial charge in [0.05, 0.1) is 0 Å². The van der Waals surface area contributed by atoms with E-state index in [0.29, 0.717) is 37.1 Å². The molecule has 1 unspecified atom stereocenters. The molecule has 1 N–H and O–H groups in total. The second kappa shape index (κ2) is 8.94. The lowest BCUT2D eigenvalue weighted by molar-refractivity contribution is -0.121. The van der Waals surface area contributed by atoms with E-state index in [4.69, 9.17) is 4.52 Å². The monoisotopic (exact) mass is 356 g/mol. The summed E-state index contributed by atoms with van der Waals surface area (Å²) < 4.78 is 5.28. The predicted molar refractivity (Wildman–Crippen MR) is 101 cm³/mol.